The summed E-state index contributed by atoms with van der Waals surface area (Å²) in [5, 5.41) is 3.59. The first-order chi connectivity index (χ1) is 9.74. The largest absolute Gasteiger partial charge is 0.490 e. The van der Waals surface area contributed by atoms with Crippen molar-refractivity contribution in [2.45, 2.75) is 58.3 Å². The Labute approximate surface area is 122 Å². The molecule has 20 heavy (non-hydrogen) atoms. The summed E-state index contributed by atoms with van der Waals surface area (Å²) in [6, 6.07) is 8.65. The van der Waals surface area contributed by atoms with Crippen LogP contribution < -0.4 is 10.1 Å². The Hall–Kier alpha value is -1.06. The summed E-state index contributed by atoms with van der Waals surface area (Å²) in [4.78, 5) is 0. The summed E-state index contributed by atoms with van der Waals surface area (Å²) in [7, 11) is 0. The van der Waals surface area contributed by atoms with Crippen LogP contribution in [0.15, 0.2) is 24.3 Å². The first-order valence-corrected chi connectivity index (χ1v) is 7.86. The zero-order chi connectivity index (χ0) is 14.4. The molecule has 1 aliphatic carbocycles. The van der Waals surface area contributed by atoms with Gasteiger partial charge in [-0.15, -0.1) is 0 Å². The molecule has 0 bridgehead atoms. The van der Waals surface area contributed by atoms with E-state index in [0.717, 1.165) is 25.3 Å². The van der Waals surface area contributed by atoms with Gasteiger partial charge in [-0.1, -0.05) is 19.1 Å². The van der Waals surface area contributed by atoms with Gasteiger partial charge in [0.1, 0.15) is 5.75 Å². The number of rotatable bonds is 9. The predicted octanol–water partition coefficient (Wildman–Crippen LogP) is 3.69. The molecule has 3 heteroatoms. The molecule has 0 radical (unpaired) electrons. The van der Waals surface area contributed by atoms with Crippen molar-refractivity contribution in [3.05, 3.63) is 29.8 Å². The molecule has 0 aliphatic heterocycles. The molecular formula is C17H27NO2. The van der Waals surface area contributed by atoms with Gasteiger partial charge in [0.05, 0.1) is 18.2 Å². The normalized spacial score (nSPS) is 17.8. The Balaban J connectivity index is 2.08. The topological polar surface area (TPSA) is 30.5 Å². The van der Waals surface area contributed by atoms with Gasteiger partial charge in [0.25, 0.3) is 0 Å². The summed E-state index contributed by atoms with van der Waals surface area (Å²) >= 11 is 0. The lowest BCUT2D eigenvalue weighted by Gasteiger charge is -2.26. The lowest BCUT2D eigenvalue weighted by molar-refractivity contribution is 0.0472. The van der Waals surface area contributed by atoms with Crippen LogP contribution in [-0.2, 0) is 4.74 Å². The molecule has 3 nitrogen and oxygen atoms in total. The molecule has 1 N–H and O–H groups in total. The summed E-state index contributed by atoms with van der Waals surface area (Å²) in [6.07, 6.45) is 4.10. The molecule has 1 aromatic rings. The van der Waals surface area contributed by atoms with Crippen molar-refractivity contribution < 1.29 is 9.47 Å². The Morgan fingerprint density at radius 2 is 2.10 bits per heavy atom. The molecule has 1 saturated carbocycles. The highest BCUT2D eigenvalue weighted by Crippen LogP contribution is 2.29. The van der Waals surface area contributed by atoms with Crippen molar-refractivity contribution in [2.75, 3.05) is 13.2 Å². The number of benzene rings is 1. The average Bonchev–Trinajstić information content (AvgIpc) is 3.24. The van der Waals surface area contributed by atoms with Crippen LogP contribution in [-0.4, -0.2) is 25.4 Å². The zero-order valence-electron chi connectivity index (χ0n) is 12.9. The van der Waals surface area contributed by atoms with Gasteiger partial charge >= 0.3 is 0 Å². The minimum absolute atomic E-state index is 0.155. The second kappa shape index (κ2) is 7.65. The predicted molar refractivity (Wildman–Crippen MR) is 82.2 cm³/mol. The van der Waals surface area contributed by atoms with Crippen molar-refractivity contribution >= 4 is 0 Å². The van der Waals surface area contributed by atoms with Crippen LogP contribution in [0.4, 0.5) is 0 Å². The molecule has 0 amide bonds. The van der Waals surface area contributed by atoms with Crippen molar-refractivity contribution in [1.29, 1.82) is 0 Å². The van der Waals surface area contributed by atoms with Crippen LogP contribution in [0.25, 0.3) is 0 Å². The third-order valence-corrected chi connectivity index (χ3v) is 3.56. The molecule has 1 aliphatic rings. The first kappa shape index (κ1) is 15.3. The minimum atomic E-state index is 0.155. The molecule has 2 rings (SSSR count). The molecule has 2 atom stereocenters. The van der Waals surface area contributed by atoms with Crippen molar-refractivity contribution in [3.8, 4) is 5.75 Å². The zero-order valence-corrected chi connectivity index (χ0v) is 12.9. The smallest absolute Gasteiger partial charge is 0.120 e. The molecular weight excluding hydrogens is 250 g/mol. The van der Waals surface area contributed by atoms with E-state index >= 15 is 0 Å². The summed E-state index contributed by atoms with van der Waals surface area (Å²) < 4.78 is 11.7. The molecule has 1 aromatic carbocycles. The van der Waals surface area contributed by atoms with E-state index in [2.05, 4.69) is 37.4 Å². The van der Waals surface area contributed by atoms with Crippen LogP contribution >= 0.6 is 0 Å². The molecule has 0 spiro atoms. The van der Waals surface area contributed by atoms with Crippen LogP contribution in [0.2, 0.25) is 0 Å². The third-order valence-electron chi connectivity index (χ3n) is 3.56. The van der Waals surface area contributed by atoms with Crippen molar-refractivity contribution in [1.82, 2.24) is 5.32 Å². The summed E-state index contributed by atoms with van der Waals surface area (Å²) in [5.74, 6) is 0.983. The molecule has 0 heterocycles. The molecule has 112 valence electrons. The van der Waals surface area contributed by atoms with E-state index < -0.39 is 0 Å². The van der Waals surface area contributed by atoms with Crippen molar-refractivity contribution in [2.24, 2.45) is 0 Å². The van der Waals surface area contributed by atoms with E-state index in [9.17, 15) is 0 Å². The standard InChI is InChI=1S/C17H27NO2/c1-4-11-18-17(13(3)19-5-2)14-7-6-8-16(12-14)20-15-9-10-15/h6-8,12-13,15,17-18H,4-5,9-11H2,1-3H3. The SMILES string of the molecule is CCCNC(c1cccc(OC2CC2)c1)C(C)OCC. The second-order valence-electron chi connectivity index (χ2n) is 5.48. The fourth-order valence-corrected chi connectivity index (χ4v) is 2.37. The van der Waals surface area contributed by atoms with Gasteiger partial charge in [0.2, 0.25) is 0 Å². The van der Waals surface area contributed by atoms with Crippen LogP contribution in [0, 0.1) is 0 Å². The average molecular weight is 277 g/mol. The highest BCUT2D eigenvalue weighted by molar-refractivity contribution is 5.31. The number of ether oxygens (including phenoxy) is 2. The monoisotopic (exact) mass is 277 g/mol. The van der Waals surface area contributed by atoms with Gasteiger partial charge in [-0.2, -0.15) is 0 Å². The third kappa shape index (κ3) is 4.50. The highest BCUT2D eigenvalue weighted by atomic mass is 16.5. The number of hydrogen-bond acceptors (Lipinski definition) is 3. The number of nitrogens with one attached hydrogen (secondary N) is 1. The first-order valence-electron chi connectivity index (χ1n) is 7.86. The maximum absolute atomic E-state index is 5.89. The minimum Gasteiger partial charge on any atom is -0.490 e. The number of hydrogen-bond donors (Lipinski definition) is 1. The van der Waals surface area contributed by atoms with Gasteiger partial charge in [0.15, 0.2) is 0 Å². The lowest BCUT2D eigenvalue weighted by atomic mass is 10.0. The van der Waals surface area contributed by atoms with E-state index in [1.54, 1.807) is 0 Å². The van der Waals surface area contributed by atoms with Gasteiger partial charge in [-0.25, -0.2) is 0 Å². The molecule has 2 unspecified atom stereocenters. The molecule has 1 fully saturated rings. The van der Waals surface area contributed by atoms with E-state index in [4.69, 9.17) is 9.47 Å². The van der Waals surface area contributed by atoms with E-state index in [1.165, 1.54) is 18.4 Å². The maximum atomic E-state index is 5.89. The lowest BCUT2D eigenvalue weighted by Crippen LogP contribution is -2.32. The molecule has 0 aromatic heterocycles. The van der Waals surface area contributed by atoms with Crippen molar-refractivity contribution in [3.63, 3.8) is 0 Å². The second-order valence-corrected chi connectivity index (χ2v) is 5.48. The Morgan fingerprint density at radius 3 is 2.75 bits per heavy atom. The van der Waals surface area contributed by atoms with Gasteiger partial charge in [-0.05, 0) is 57.4 Å². The van der Waals surface area contributed by atoms with Gasteiger partial charge in [0, 0.05) is 6.61 Å². The van der Waals surface area contributed by atoms with Gasteiger partial charge < -0.3 is 14.8 Å². The van der Waals surface area contributed by atoms with Crippen LogP contribution in [0.5, 0.6) is 5.75 Å². The fraction of sp³-hybridized carbons (Fsp3) is 0.647. The Bertz CT molecular complexity index is 404. The molecule has 0 saturated heterocycles. The summed E-state index contributed by atoms with van der Waals surface area (Å²) in [5.41, 5.74) is 1.25. The highest BCUT2D eigenvalue weighted by Gasteiger charge is 2.24. The Kier molecular flexibility index (Phi) is 5.86. The van der Waals surface area contributed by atoms with Crippen LogP contribution in [0.3, 0.4) is 0 Å². The van der Waals surface area contributed by atoms with Gasteiger partial charge in [-0.3, -0.25) is 0 Å². The summed E-state index contributed by atoms with van der Waals surface area (Å²) in [6.45, 7) is 8.09. The quantitative estimate of drug-likeness (QED) is 0.746. The van der Waals surface area contributed by atoms with Crippen LogP contribution in [0.1, 0.15) is 51.6 Å². The van der Waals surface area contributed by atoms with E-state index in [0.29, 0.717) is 6.10 Å². The van der Waals surface area contributed by atoms with E-state index in [1.807, 2.05) is 13.0 Å². The van der Waals surface area contributed by atoms with E-state index in [-0.39, 0.29) is 12.1 Å². The Morgan fingerprint density at radius 1 is 1.30 bits per heavy atom. The maximum Gasteiger partial charge on any atom is 0.120 e. The fourth-order valence-electron chi connectivity index (χ4n) is 2.37.